The fourth-order valence-corrected chi connectivity index (χ4v) is 4.45. The Hall–Kier alpha value is -2.17. The minimum Gasteiger partial charge on any atom is -0.466 e. The lowest BCUT2D eigenvalue weighted by molar-refractivity contribution is -0.118. The van der Waals surface area contributed by atoms with Gasteiger partial charge in [0.25, 0.3) is 0 Å². The molecule has 0 atom stereocenters. The van der Waals surface area contributed by atoms with Gasteiger partial charge in [0.2, 0.25) is 5.91 Å². The minimum atomic E-state index is 0.0743. The molecule has 2 heterocycles. The van der Waals surface area contributed by atoms with Crippen LogP contribution < -0.4 is 4.90 Å². The van der Waals surface area contributed by atoms with Gasteiger partial charge in [-0.2, -0.15) is 0 Å². The Morgan fingerprint density at radius 3 is 2.42 bits per heavy atom. The smallest absolute Gasteiger partial charge is 0.227 e. The number of aryl methyl sites for hydroxylation is 2. The van der Waals surface area contributed by atoms with E-state index < -0.39 is 0 Å². The molecular weight excluding hydrogens is 426 g/mol. The molecule has 0 aliphatic carbocycles. The van der Waals surface area contributed by atoms with Crippen molar-refractivity contribution in [1.29, 1.82) is 0 Å². The molecule has 0 saturated heterocycles. The first kappa shape index (κ1) is 25.1. The molecule has 5 heteroatoms. The van der Waals surface area contributed by atoms with E-state index in [1.165, 1.54) is 4.90 Å². The minimum absolute atomic E-state index is 0.0743. The van der Waals surface area contributed by atoms with Crippen molar-refractivity contribution in [2.75, 3.05) is 4.90 Å². The first-order valence-corrected chi connectivity index (χ1v) is 12.3. The standard InChI is InChI=1S/C22H20ClNO2S.2C2H6/c1-2-17-8-9-18(26-17)10-12-22(25)24-14-15-5-3-4-6-20(15)27-21-11-7-16(23)13-19(21)24;2*1-2/h3-9,11,13H,2,10,12,14H2,1H3;2*1-2H3. The van der Waals surface area contributed by atoms with Crippen LogP contribution in [0.1, 0.15) is 58.1 Å². The van der Waals surface area contributed by atoms with Gasteiger partial charge >= 0.3 is 0 Å². The van der Waals surface area contributed by atoms with Crippen molar-refractivity contribution in [3.05, 3.63) is 76.7 Å². The molecule has 0 spiro atoms. The molecule has 1 aliphatic rings. The van der Waals surface area contributed by atoms with Crippen LogP contribution in [0.4, 0.5) is 5.69 Å². The van der Waals surface area contributed by atoms with Crippen LogP contribution in [0.25, 0.3) is 0 Å². The summed E-state index contributed by atoms with van der Waals surface area (Å²) in [6, 6.07) is 17.9. The average molecular weight is 458 g/mol. The number of benzene rings is 2. The summed E-state index contributed by atoms with van der Waals surface area (Å²) >= 11 is 7.92. The first-order chi connectivity index (χ1) is 15.1. The Labute approximate surface area is 195 Å². The zero-order chi connectivity index (χ0) is 22.8. The molecule has 3 nitrogen and oxygen atoms in total. The lowest BCUT2D eigenvalue weighted by atomic mass is 10.1. The predicted molar refractivity (Wildman–Crippen MR) is 132 cm³/mol. The lowest BCUT2D eigenvalue weighted by Crippen LogP contribution is -2.30. The highest BCUT2D eigenvalue weighted by Gasteiger charge is 2.24. The van der Waals surface area contributed by atoms with E-state index in [0.29, 0.717) is 24.4 Å². The van der Waals surface area contributed by atoms with Gasteiger partial charge in [0, 0.05) is 34.1 Å². The largest absolute Gasteiger partial charge is 0.466 e. The monoisotopic (exact) mass is 457 g/mol. The average Bonchev–Trinajstić information content (AvgIpc) is 3.22. The van der Waals surface area contributed by atoms with Gasteiger partial charge in [-0.25, -0.2) is 0 Å². The molecule has 0 saturated carbocycles. The Morgan fingerprint density at radius 1 is 1.00 bits per heavy atom. The van der Waals surface area contributed by atoms with Crippen LogP contribution in [0.3, 0.4) is 0 Å². The first-order valence-electron chi connectivity index (χ1n) is 11.1. The topological polar surface area (TPSA) is 33.5 Å². The summed E-state index contributed by atoms with van der Waals surface area (Å²) in [6.07, 6.45) is 1.86. The van der Waals surface area contributed by atoms with Crippen molar-refractivity contribution in [2.24, 2.45) is 0 Å². The molecule has 0 N–H and O–H groups in total. The number of amides is 1. The predicted octanol–water partition coefficient (Wildman–Crippen LogP) is 8.18. The van der Waals surface area contributed by atoms with Crippen LogP contribution >= 0.6 is 23.4 Å². The second kappa shape index (κ2) is 12.6. The van der Waals surface area contributed by atoms with Crippen LogP contribution in [-0.4, -0.2) is 5.91 Å². The van der Waals surface area contributed by atoms with E-state index in [0.717, 1.165) is 34.1 Å². The van der Waals surface area contributed by atoms with E-state index in [1.807, 2.05) is 75.1 Å². The zero-order valence-electron chi connectivity index (χ0n) is 19.1. The highest BCUT2D eigenvalue weighted by atomic mass is 35.5. The molecule has 0 fully saturated rings. The SMILES string of the molecule is CC.CC.CCc1ccc(CCC(=O)N2Cc3ccccc3Sc3ccc(Cl)cc32)o1. The van der Waals surface area contributed by atoms with Crippen LogP contribution in [0.2, 0.25) is 5.02 Å². The van der Waals surface area contributed by atoms with Gasteiger partial charge in [-0.1, -0.05) is 76.2 Å². The number of halogens is 1. The van der Waals surface area contributed by atoms with Crippen LogP contribution in [0, 0.1) is 0 Å². The van der Waals surface area contributed by atoms with Crippen LogP contribution in [0.15, 0.2) is 68.8 Å². The van der Waals surface area contributed by atoms with Gasteiger partial charge < -0.3 is 9.32 Å². The molecule has 0 bridgehead atoms. The number of furan rings is 1. The zero-order valence-corrected chi connectivity index (χ0v) is 20.6. The van der Waals surface area contributed by atoms with Crippen molar-refractivity contribution < 1.29 is 9.21 Å². The van der Waals surface area contributed by atoms with E-state index in [4.69, 9.17) is 16.0 Å². The molecule has 0 radical (unpaired) electrons. The van der Waals surface area contributed by atoms with Crippen molar-refractivity contribution in [3.8, 4) is 0 Å². The van der Waals surface area contributed by atoms with Crippen LogP contribution in [-0.2, 0) is 24.2 Å². The molecule has 2 aromatic carbocycles. The summed E-state index contributed by atoms with van der Waals surface area (Å²) in [6.45, 7) is 10.6. The summed E-state index contributed by atoms with van der Waals surface area (Å²) < 4.78 is 5.74. The summed E-state index contributed by atoms with van der Waals surface area (Å²) in [5, 5.41) is 0.636. The summed E-state index contributed by atoms with van der Waals surface area (Å²) in [7, 11) is 0. The normalized spacial score (nSPS) is 11.7. The molecule has 4 rings (SSSR count). The highest BCUT2D eigenvalue weighted by molar-refractivity contribution is 7.99. The van der Waals surface area contributed by atoms with Gasteiger partial charge in [-0.3, -0.25) is 4.79 Å². The number of anilines is 1. The molecule has 31 heavy (non-hydrogen) atoms. The fourth-order valence-electron chi connectivity index (χ4n) is 3.23. The second-order valence-corrected chi connectivity index (χ2v) is 8.04. The third-order valence-electron chi connectivity index (χ3n) is 4.68. The second-order valence-electron chi connectivity index (χ2n) is 6.52. The van der Waals surface area contributed by atoms with E-state index in [9.17, 15) is 4.79 Å². The van der Waals surface area contributed by atoms with Gasteiger partial charge in [0.1, 0.15) is 11.5 Å². The summed E-state index contributed by atoms with van der Waals surface area (Å²) in [5.41, 5.74) is 2.02. The molecular formula is C26H32ClNO2S. The number of hydrogen-bond acceptors (Lipinski definition) is 3. The Bertz CT molecular complexity index is 983. The Balaban J connectivity index is 0.000000807. The number of rotatable bonds is 4. The fraction of sp³-hybridized carbons (Fsp3) is 0.346. The maximum absolute atomic E-state index is 13.1. The maximum Gasteiger partial charge on any atom is 0.227 e. The third kappa shape index (κ3) is 6.41. The van der Waals surface area contributed by atoms with Gasteiger partial charge in [-0.05, 0) is 42.0 Å². The number of carbonyl (C=O) groups is 1. The number of hydrogen-bond donors (Lipinski definition) is 0. The Morgan fingerprint density at radius 2 is 1.71 bits per heavy atom. The molecule has 1 aromatic heterocycles. The molecule has 3 aromatic rings. The van der Waals surface area contributed by atoms with Gasteiger partial charge in [0.05, 0.1) is 12.2 Å². The van der Waals surface area contributed by atoms with Gasteiger partial charge in [-0.15, -0.1) is 0 Å². The third-order valence-corrected chi connectivity index (χ3v) is 6.10. The molecule has 166 valence electrons. The van der Waals surface area contributed by atoms with Gasteiger partial charge in [0.15, 0.2) is 0 Å². The summed E-state index contributed by atoms with van der Waals surface area (Å²) in [4.78, 5) is 17.2. The molecule has 1 aliphatic heterocycles. The van der Waals surface area contributed by atoms with Crippen molar-refractivity contribution in [1.82, 2.24) is 0 Å². The van der Waals surface area contributed by atoms with Crippen molar-refractivity contribution in [2.45, 2.75) is 70.2 Å². The quantitative estimate of drug-likeness (QED) is 0.396. The molecule has 1 amide bonds. The van der Waals surface area contributed by atoms with E-state index >= 15 is 0 Å². The van der Waals surface area contributed by atoms with Crippen molar-refractivity contribution in [3.63, 3.8) is 0 Å². The number of carbonyl (C=O) groups excluding carboxylic acids is 1. The van der Waals surface area contributed by atoms with E-state index in [-0.39, 0.29) is 5.91 Å². The maximum atomic E-state index is 13.1. The Kier molecular flexibility index (Phi) is 10.2. The van der Waals surface area contributed by atoms with E-state index in [1.54, 1.807) is 11.8 Å². The lowest BCUT2D eigenvalue weighted by Gasteiger charge is -2.23. The number of fused-ring (bicyclic) bond motifs is 2. The number of nitrogens with zero attached hydrogens (tertiary/aromatic N) is 1. The van der Waals surface area contributed by atoms with Crippen LogP contribution in [0.5, 0.6) is 0 Å². The summed E-state index contributed by atoms with van der Waals surface area (Å²) in [5.74, 6) is 1.89. The van der Waals surface area contributed by atoms with E-state index in [2.05, 4.69) is 19.1 Å². The van der Waals surface area contributed by atoms with Crippen molar-refractivity contribution >= 4 is 35.0 Å². The molecule has 0 unspecified atom stereocenters. The highest BCUT2D eigenvalue weighted by Crippen LogP contribution is 2.42.